The lowest BCUT2D eigenvalue weighted by Gasteiger charge is -2.10. The van der Waals surface area contributed by atoms with E-state index in [1.807, 2.05) is 30.3 Å². The third-order valence-corrected chi connectivity index (χ3v) is 6.91. The zero-order valence-electron chi connectivity index (χ0n) is 16.0. The summed E-state index contributed by atoms with van der Waals surface area (Å²) in [5.41, 5.74) is 4.41. The molecule has 1 aromatic heterocycles. The summed E-state index contributed by atoms with van der Waals surface area (Å²) in [4.78, 5) is 22.6. The molecule has 0 atom stereocenters. The standard InChI is InChI=1S/C19H17N5O5S2/c20-19(25)18-17(8-9-22-23-18)31(28,29)14-6-7-15(16(12-14)24(26)27)21-10-11-30-13-4-2-1-3-5-13/h1-9,12,21H,10-11H2,(H2,20,25). The van der Waals surface area contributed by atoms with Gasteiger partial charge < -0.3 is 11.1 Å². The number of hydrogen-bond donors (Lipinski definition) is 2. The predicted molar refractivity (Wildman–Crippen MR) is 115 cm³/mol. The number of carbonyl (C=O) groups excluding carboxylic acids is 1. The van der Waals surface area contributed by atoms with E-state index >= 15 is 0 Å². The van der Waals surface area contributed by atoms with Crippen molar-refractivity contribution in [2.75, 3.05) is 17.6 Å². The van der Waals surface area contributed by atoms with Gasteiger partial charge in [0.1, 0.15) is 10.6 Å². The van der Waals surface area contributed by atoms with Crippen LogP contribution in [0.2, 0.25) is 0 Å². The summed E-state index contributed by atoms with van der Waals surface area (Å²) >= 11 is 1.58. The van der Waals surface area contributed by atoms with Crippen molar-refractivity contribution in [3.8, 4) is 0 Å². The monoisotopic (exact) mass is 459 g/mol. The van der Waals surface area contributed by atoms with E-state index in [2.05, 4.69) is 15.5 Å². The van der Waals surface area contributed by atoms with Gasteiger partial charge in [-0.05, 0) is 30.3 Å². The largest absolute Gasteiger partial charge is 0.379 e. The minimum Gasteiger partial charge on any atom is -0.379 e. The van der Waals surface area contributed by atoms with Gasteiger partial charge >= 0.3 is 0 Å². The highest BCUT2D eigenvalue weighted by Gasteiger charge is 2.27. The molecule has 0 spiro atoms. The summed E-state index contributed by atoms with van der Waals surface area (Å²) in [6, 6.07) is 14.2. The van der Waals surface area contributed by atoms with Gasteiger partial charge in [0, 0.05) is 23.3 Å². The van der Waals surface area contributed by atoms with Crippen LogP contribution in [0.1, 0.15) is 10.5 Å². The summed E-state index contributed by atoms with van der Waals surface area (Å²) in [6.45, 7) is 0.423. The highest BCUT2D eigenvalue weighted by atomic mass is 32.2. The number of amides is 1. The zero-order chi connectivity index (χ0) is 22.4. The minimum absolute atomic E-state index is 0.181. The Morgan fingerprint density at radius 3 is 2.58 bits per heavy atom. The number of rotatable bonds is 9. The second-order valence-corrected chi connectivity index (χ2v) is 9.22. The number of benzene rings is 2. The van der Waals surface area contributed by atoms with Gasteiger partial charge in [-0.15, -0.1) is 16.9 Å². The van der Waals surface area contributed by atoms with E-state index in [1.54, 1.807) is 11.8 Å². The Balaban J connectivity index is 1.83. The highest BCUT2D eigenvalue weighted by Crippen LogP contribution is 2.31. The smallest absolute Gasteiger partial charge is 0.293 e. The van der Waals surface area contributed by atoms with E-state index in [4.69, 9.17) is 5.73 Å². The molecule has 0 aliphatic heterocycles. The normalized spacial score (nSPS) is 11.1. The van der Waals surface area contributed by atoms with Crippen LogP contribution in [-0.2, 0) is 9.84 Å². The quantitative estimate of drug-likeness (QED) is 0.212. The number of anilines is 1. The van der Waals surface area contributed by atoms with E-state index in [9.17, 15) is 23.3 Å². The molecule has 0 saturated carbocycles. The van der Waals surface area contributed by atoms with E-state index in [-0.39, 0.29) is 10.6 Å². The summed E-state index contributed by atoms with van der Waals surface area (Å²) in [7, 11) is -4.29. The minimum atomic E-state index is -4.29. The Morgan fingerprint density at radius 2 is 1.90 bits per heavy atom. The molecule has 0 fully saturated rings. The Hall–Kier alpha value is -3.51. The molecule has 12 heteroatoms. The van der Waals surface area contributed by atoms with E-state index in [0.29, 0.717) is 12.3 Å². The first-order valence-corrected chi connectivity index (χ1v) is 11.3. The summed E-state index contributed by atoms with van der Waals surface area (Å²) < 4.78 is 25.9. The number of carbonyl (C=O) groups is 1. The van der Waals surface area contributed by atoms with Crippen molar-refractivity contribution in [3.63, 3.8) is 0 Å². The van der Waals surface area contributed by atoms with Gasteiger partial charge in [-0.2, -0.15) is 5.10 Å². The van der Waals surface area contributed by atoms with Crippen LogP contribution in [0, 0.1) is 10.1 Å². The Bertz CT molecular complexity index is 1220. The molecule has 3 N–H and O–H groups in total. The number of hydrogen-bond acceptors (Lipinski definition) is 9. The lowest BCUT2D eigenvalue weighted by atomic mass is 10.2. The summed E-state index contributed by atoms with van der Waals surface area (Å²) in [6.07, 6.45) is 1.09. The Labute approximate surface area is 182 Å². The van der Waals surface area contributed by atoms with Gasteiger partial charge in [0.15, 0.2) is 5.69 Å². The Kier molecular flexibility index (Phi) is 6.82. The topological polar surface area (TPSA) is 158 Å². The van der Waals surface area contributed by atoms with E-state index < -0.39 is 36.9 Å². The SMILES string of the molecule is NC(=O)c1nnccc1S(=O)(=O)c1ccc(NCCSc2ccccc2)c([N+](=O)[O-])c1. The number of sulfone groups is 1. The van der Waals surface area contributed by atoms with Gasteiger partial charge in [-0.3, -0.25) is 14.9 Å². The molecule has 0 unspecified atom stereocenters. The second kappa shape index (κ2) is 9.53. The van der Waals surface area contributed by atoms with Gasteiger partial charge in [0.05, 0.1) is 16.0 Å². The lowest BCUT2D eigenvalue weighted by molar-refractivity contribution is -0.384. The maximum Gasteiger partial charge on any atom is 0.293 e. The first-order chi connectivity index (χ1) is 14.8. The van der Waals surface area contributed by atoms with E-state index in [0.717, 1.165) is 23.2 Å². The fraction of sp³-hybridized carbons (Fsp3) is 0.105. The average molecular weight is 460 g/mol. The number of nitrogens with two attached hydrogens (primary N) is 1. The predicted octanol–water partition coefficient (Wildman–Crippen LogP) is 2.52. The molecule has 2 aromatic carbocycles. The Morgan fingerprint density at radius 1 is 1.16 bits per heavy atom. The van der Waals surface area contributed by atoms with Gasteiger partial charge in [-0.25, -0.2) is 8.42 Å². The van der Waals surface area contributed by atoms with Crippen LogP contribution in [0.5, 0.6) is 0 Å². The van der Waals surface area contributed by atoms with Crippen LogP contribution < -0.4 is 11.1 Å². The van der Waals surface area contributed by atoms with Crippen LogP contribution in [-0.4, -0.2) is 41.7 Å². The number of primary amides is 1. The van der Waals surface area contributed by atoms with Crippen molar-refractivity contribution in [1.82, 2.24) is 10.2 Å². The molecule has 1 amide bonds. The first kappa shape index (κ1) is 22.2. The number of nitro benzene ring substituents is 1. The number of nitrogens with zero attached hydrogens (tertiary/aromatic N) is 3. The fourth-order valence-corrected chi connectivity index (χ4v) is 4.88. The van der Waals surface area contributed by atoms with Crippen LogP contribution >= 0.6 is 11.8 Å². The van der Waals surface area contributed by atoms with Crippen molar-refractivity contribution < 1.29 is 18.1 Å². The molecule has 0 aliphatic rings. The summed E-state index contributed by atoms with van der Waals surface area (Å²) in [5.74, 6) is -0.429. The molecule has 160 valence electrons. The number of thioether (sulfide) groups is 1. The van der Waals surface area contributed by atoms with Crippen LogP contribution in [0.25, 0.3) is 0 Å². The molecule has 0 aliphatic carbocycles. The molecular formula is C19H17N5O5S2. The number of aromatic nitrogens is 2. The molecule has 0 saturated heterocycles. The van der Waals surface area contributed by atoms with Crippen LogP contribution in [0.4, 0.5) is 11.4 Å². The van der Waals surface area contributed by atoms with Crippen LogP contribution in [0.3, 0.4) is 0 Å². The molecule has 3 rings (SSSR count). The lowest BCUT2D eigenvalue weighted by Crippen LogP contribution is -2.19. The molecule has 0 bridgehead atoms. The van der Waals surface area contributed by atoms with E-state index in [1.165, 1.54) is 12.1 Å². The molecule has 3 aromatic rings. The number of nitrogens with one attached hydrogen (secondary N) is 1. The number of nitro groups is 1. The van der Waals surface area contributed by atoms with Gasteiger partial charge in [-0.1, -0.05) is 18.2 Å². The van der Waals surface area contributed by atoms with Gasteiger partial charge in [0.2, 0.25) is 9.84 Å². The van der Waals surface area contributed by atoms with Crippen molar-refractivity contribution >= 4 is 38.9 Å². The van der Waals surface area contributed by atoms with Crippen molar-refractivity contribution in [3.05, 3.63) is 76.6 Å². The average Bonchev–Trinajstić information content (AvgIpc) is 2.77. The van der Waals surface area contributed by atoms with Gasteiger partial charge in [0.25, 0.3) is 11.6 Å². The molecular weight excluding hydrogens is 442 g/mol. The van der Waals surface area contributed by atoms with Crippen molar-refractivity contribution in [2.24, 2.45) is 5.73 Å². The zero-order valence-corrected chi connectivity index (χ0v) is 17.6. The maximum atomic E-state index is 12.9. The van der Waals surface area contributed by atoms with Crippen molar-refractivity contribution in [1.29, 1.82) is 0 Å². The highest BCUT2D eigenvalue weighted by molar-refractivity contribution is 7.99. The van der Waals surface area contributed by atoms with Crippen LogP contribution in [0.15, 0.2) is 75.5 Å². The fourth-order valence-electron chi connectivity index (χ4n) is 2.69. The maximum absolute atomic E-state index is 12.9. The first-order valence-electron chi connectivity index (χ1n) is 8.87. The third-order valence-electron chi connectivity index (χ3n) is 4.11. The van der Waals surface area contributed by atoms with Crippen molar-refractivity contribution in [2.45, 2.75) is 14.7 Å². The molecule has 0 radical (unpaired) electrons. The summed E-state index contributed by atoms with van der Waals surface area (Å²) in [5, 5.41) is 21.4. The molecule has 10 nitrogen and oxygen atoms in total. The molecule has 31 heavy (non-hydrogen) atoms. The molecule has 1 heterocycles. The third kappa shape index (κ3) is 5.16. The second-order valence-electron chi connectivity index (χ2n) is 6.14.